The SMILES string of the molecule is O=C1CCC(=O)N1Cc1cc2ncc(F)c(-c3cc(Cl)cc4c3NCCC4)c2s1. The Morgan fingerprint density at radius 2 is 1.97 bits per heavy atom. The Morgan fingerprint density at radius 1 is 1.17 bits per heavy atom. The van der Waals surface area contributed by atoms with Gasteiger partial charge in [0, 0.05) is 46.1 Å². The number of nitrogens with zero attached hydrogens (tertiary/aromatic N) is 2. The van der Waals surface area contributed by atoms with Gasteiger partial charge in [-0.15, -0.1) is 11.3 Å². The average Bonchev–Trinajstić information content (AvgIpc) is 3.25. The molecule has 0 atom stereocenters. The van der Waals surface area contributed by atoms with Crippen LogP contribution < -0.4 is 5.32 Å². The molecule has 1 aromatic carbocycles. The molecule has 3 aromatic rings. The monoisotopic (exact) mass is 429 g/mol. The van der Waals surface area contributed by atoms with E-state index in [2.05, 4.69) is 10.3 Å². The summed E-state index contributed by atoms with van der Waals surface area (Å²) in [5.74, 6) is -0.754. The highest BCUT2D eigenvalue weighted by atomic mass is 35.5. The summed E-state index contributed by atoms with van der Waals surface area (Å²) >= 11 is 7.70. The van der Waals surface area contributed by atoms with Crippen molar-refractivity contribution >= 4 is 50.7 Å². The van der Waals surface area contributed by atoms with Crippen LogP contribution in [-0.2, 0) is 22.6 Å². The molecule has 2 aromatic heterocycles. The highest BCUT2D eigenvalue weighted by Crippen LogP contribution is 2.43. The average molecular weight is 430 g/mol. The predicted octanol–water partition coefficient (Wildman–Crippen LogP) is 4.76. The molecular formula is C21H17ClFN3O2S. The molecule has 0 aliphatic carbocycles. The molecule has 29 heavy (non-hydrogen) atoms. The van der Waals surface area contributed by atoms with Crippen LogP contribution in [0.5, 0.6) is 0 Å². The molecule has 0 bridgehead atoms. The van der Waals surface area contributed by atoms with Crippen molar-refractivity contribution in [3.05, 3.63) is 45.7 Å². The molecule has 1 fully saturated rings. The summed E-state index contributed by atoms with van der Waals surface area (Å²) in [5.41, 5.74) is 3.81. The zero-order valence-corrected chi connectivity index (χ0v) is 17.0. The second-order valence-corrected chi connectivity index (χ2v) is 8.87. The Morgan fingerprint density at radius 3 is 2.76 bits per heavy atom. The van der Waals surface area contributed by atoms with Crippen molar-refractivity contribution in [1.29, 1.82) is 0 Å². The van der Waals surface area contributed by atoms with E-state index in [1.165, 1.54) is 22.4 Å². The van der Waals surface area contributed by atoms with Gasteiger partial charge in [-0.25, -0.2) is 4.39 Å². The number of aromatic nitrogens is 1. The van der Waals surface area contributed by atoms with E-state index < -0.39 is 5.82 Å². The molecule has 8 heteroatoms. The maximum Gasteiger partial charge on any atom is 0.230 e. The standard InChI is InChI=1S/C21H17ClFN3O2S/c22-12-6-11-2-1-5-24-20(11)14(7-12)19-15(23)9-25-16-8-13(29-21(16)19)10-26-17(27)3-4-18(26)28/h6-9,24H,1-5,10H2. The molecule has 4 heterocycles. The van der Waals surface area contributed by atoms with Crippen LogP contribution in [0.2, 0.25) is 5.02 Å². The molecule has 2 aliphatic rings. The minimum atomic E-state index is -0.420. The van der Waals surface area contributed by atoms with Crippen molar-refractivity contribution in [2.75, 3.05) is 11.9 Å². The van der Waals surface area contributed by atoms with Gasteiger partial charge in [0.2, 0.25) is 11.8 Å². The van der Waals surface area contributed by atoms with Crippen LogP contribution >= 0.6 is 22.9 Å². The number of hydrogen-bond donors (Lipinski definition) is 1. The minimum absolute atomic E-state index is 0.167. The van der Waals surface area contributed by atoms with Crippen LogP contribution in [0, 0.1) is 5.82 Å². The molecule has 0 saturated carbocycles. The number of anilines is 1. The fraction of sp³-hybridized carbons (Fsp3) is 0.286. The van der Waals surface area contributed by atoms with Gasteiger partial charge >= 0.3 is 0 Å². The van der Waals surface area contributed by atoms with Crippen molar-refractivity contribution in [1.82, 2.24) is 9.88 Å². The molecule has 1 N–H and O–H groups in total. The second-order valence-electron chi connectivity index (χ2n) is 7.30. The molecule has 0 spiro atoms. The summed E-state index contributed by atoms with van der Waals surface area (Å²) in [5, 5.41) is 3.95. The third-order valence-electron chi connectivity index (χ3n) is 5.39. The number of likely N-dealkylation sites (tertiary alicyclic amines) is 1. The summed E-state index contributed by atoms with van der Waals surface area (Å²) < 4.78 is 15.7. The zero-order chi connectivity index (χ0) is 20.1. The number of carbonyl (C=O) groups excluding carboxylic acids is 2. The zero-order valence-electron chi connectivity index (χ0n) is 15.4. The molecule has 148 valence electrons. The topological polar surface area (TPSA) is 62.3 Å². The van der Waals surface area contributed by atoms with Gasteiger partial charge in [0.05, 0.1) is 23.0 Å². The van der Waals surface area contributed by atoms with Gasteiger partial charge in [0.1, 0.15) is 0 Å². The number of amides is 2. The minimum Gasteiger partial charge on any atom is -0.384 e. The van der Waals surface area contributed by atoms with E-state index in [0.29, 0.717) is 20.8 Å². The van der Waals surface area contributed by atoms with E-state index in [9.17, 15) is 14.0 Å². The van der Waals surface area contributed by atoms with Crippen molar-refractivity contribution < 1.29 is 14.0 Å². The Kier molecular flexibility index (Phi) is 4.52. The van der Waals surface area contributed by atoms with E-state index >= 15 is 0 Å². The quantitative estimate of drug-likeness (QED) is 0.609. The summed E-state index contributed by atoms with van der Waals surface area (Å²) in [6.45, 7) is 1.03. The van der Waals surface area contributed by atoms with Crippen LogP contribution in [0.3, 0.4) is 0 Å². The lowest BCUT2D eigenvalue weighted by molar-refractivity contribution is -0.138. The summed E-state index contributed by atoms with van der Waals surface area (Å²) in [7, 11) is 0. The van der Waals surface area contributed by atoms with E-state index in [4.69, 9.17) is 11.6 Å². The molecule has 0 unspecified atom stereocenters. The van der Waals surface area contributed by atoms with Gasteiger partial charge in [-0.3, -0.25) is 19.5 Å². The number of hydrogen-bond acceptors (Lipinski definition) is 5. The molecule has 2 aliphatic heterocycles. The lowest BCUT2D eigenvalue weighted by atomic mass is 9.95. The van der Waals surface area contributed by atoms with E-state index in [0.717, 1.165) is 41.1 Å². The normalized spacial score (nSPS) is 16.4. The highest BCUT2D eigenvalue weighted by molar-refractivity contribution is 7.19. The van der Waals surface area contributed by atoms with Crippen LogP contribution in [0.1, 0.15) is 29.7 Å². The summed E-state index contributed by atoms with van der Waals surface area (Å²) in [6, 6.07) is 5.53. The van der Waals surface area contributed by atoms with E-state index in [1.54, 1.807) is 6.07 Å². The number of rotatable bonds is 3. The fourth-order valence-corrected chi connectivity index (χ4v) is 5.44. The van der Waals surface area contributed by atoms with Crippen LogP contribution in [-0.4, -0.2) is 28.2 Å². The molecule has 0 radical (unpaired) electrons. The largest absolute Gasteiger partial charge is 0.384 e. The molecule has 1 saturated heterocycles. The lowest BCUT2D eigenvalue weighted by Gasteiger charge is -2.22. The van der Waals surface area contributed by atoms with Crippen molar-refractivity contribution in [3.8, 4) is 11.1 Å². The second kappa shape index (κ2) is 7.07. The predicted molar refractivity (Wildman–Crippen MR) is 112 cm³/mol. The number of aryl methyl sites for hydroxylation is 1. The van der Waals surface area contributed by atoms with Gasteiger partial charge in [0.25, 0.3) is 0 Å². The smallest absolute Gasteiger partial charge is 0.230 e. The first-order chi connectivity index (χ1) is 14.0. The van der Waals surface area contributed by atoms with Gasteiger partial charge in [-0.2, -0.15) is 0 Å². The Hall–Kier alpha value is -2.51. The third kappa shape index (κ3) is 3.18. The van der Waals surface area contributed by atoms with Gasteiger partial charge in [-0.1, -0.05) is 11.6 Å². The number of benzene rings is 1. The number of halogens is 2. The Labute approximate surface area is 175 Å². The van der Waals surface area contributed by atoms with Gasteiger partial charge in [-0.05, 0) is 36.6 Å². The Bertz CT molecular complexity index is 1160. The number of fused-ring (bicyclic) bond motifs is 2. The Balaban J connectivity index is 1.64. The van der Waals surface area contributed by atoms with Crippen molar-refractivity contribution in [2.24, 2.45) is 0 Å². The molecule has 2 amide bonds. The molecular weight excluding hydrogens is 413 g/mol. The molecule has 5 nitrogen and oxygen atoms in total. The first-order valence-corrected chi connectivity index (χ1v) is 10.7. The number of nitrogens with one attached hydrogen (secondary N) is 1. The number of thiophene rings is 1. The fourth-order valence-electron chi connectivity index (χ4n) is 4.05. The van der Waals surface area contributed by atoms with E-state index in [1.807, 2.05) is 12.1 Å². The number of carbonyl (C=O) groups is 2. The maximum absolute atomic E-state index is 15.0. The van der Waals surface area contributed by atoms with Crippen LogP contribution in [0.25, 0.3) is 21.3 Å². The first-order valence-electron chi connectivity index (χ1n) is 9.48. The summed E-state index contributed by atoms with van der Waals surface area (Å²) in [6.07, 6.45) is 3.61. The van der Waals surface area contributed by atoms with Crippen molar-refractivity contribution in [2.45, 2.75) is 32.2 Å². The van der Waals surface area contributed by atoms with Crippen molar-refractivity contribution in [3.63, 3.8) is 0 Å². The number of imide groups is 1. The number of pyridine rings is 1. The summed E-state index contributed by atoms with van der Waals surface area (Å²) in [4.78, 5) is 30.2. The van der Waals surface area contributed by atoms with E-state index in [-0.39, 0.29) is 31.2 Å². The van der Waals surface area contributed by atoms with Crippen LogP contribution in [0.4, 0.5) is 10.1 Å². The lowest BCUT2D eigenvalue weighted by Crippen LogP contribution is -2.27. The van der Waals surface area contributed by atoms with Gasteiger partial charge < -0.3 is 5.32 Å². The van der Waals surface area contributed by atoms with Gasteiger partial charge in [0.15, 0.2) is 5.82 Å². The first kappa shape index (κ1) is 18.5. The molecule has 5 rings (SSSR count). The highest BCUT2D eigenvalue weighted by Gasteiger charge is 2.29. The third-order valence-corrected chi connectivity index (χ3v) is 6.74. The maximum atomic E-state index is 15.0. The van der Waals surface area contributed by atoms with Crippen LogP contribution in [0.15, 0.2) is 24.4 Å².